The standard InChI is InChI=1S/C11H11BrN2O2S/c1-2-13-5-6-14(11(13)16)7-8(15)9-3-4-10(12)17-9/h3-6H,2,7H2,1H3. The zero-order chi connectivity index (χ0) is 12.4. The van der Waals surface area contributed by atoms with Crippen LogP contribution in [0.1, 0.15) is 16.6 Å². The van der Waals surface area contributed by atoms with Gasteiger partial charge in [0.05, 0.1) is 15.2 Å². The van der Waals surface area contributed by atoms with Gasteiger partial charge in [-0.25, -0.2) is 4.79 Å². The molecule has 0 saturated heterocycles. The number of thiophene rings is 1. The van der Waals surface area contributed by atoms with Crippen LogP contribution in [-0.4, -0.2) is 14.9 Å². The van der Waals surface area contributed by atoms with Gasteiger partial charge in [0.2, 0.25) is 0 Å². The van der Waals surface area contributed by atoms with E-state index in [1.165, 1.54) is 15.9 Å². The van der Waals surface area contributed by atoms with Crippen molar-refractivity contribution in [1.82, 2.24) is 9.13 Å². The Morgan fingerprint density at radius 3 is 2.59 bits per heavy atom. The van der Waals surface area contributed by atoms with Gasteiger partial charge in [0.25, 0.3) is 0 Å². The van der Waals surface area contributed by atoms with Crippen LogP contribution in [0.25, 0.3) is 0 Å². The number of nitrogens with zero attached hydrogens (tertiary/aromatic N) is 2. The summed E-state index contributed by atoms with van der Waals surface area (Å²) in [4.78, 5) is 24.3. The minimum absolute atomic E-state index is 0.0448. The fraction of sp³-hybridized carbons (Fsp3) is 0.273. The lowest BCUT2D eigenvalue weighted by Crippen LogP contribution is -2.26. The Morgan fingerprint density at radius 2 is 2.06 bits per heavy atom. The number of rotatable bonds is 4. The van der Waals surface area contributed by atoms with Crippen LogP contribution < -0.4 is 5.69 Å². The third kappa shape index (κ3) is 2.58. The molecule has 0 aromatic carbocycles. The van der Waals surface area contributed by atoms with Crippen molar-refractivity contribution in [2.75, 3.05) is 0 Å². The Bertz CT molecular complexity index is 597. The van der Waals surface area contributed by atoms with Crippen LogP contribution in [0.15, 0.2) is 33.1 Å². The molecule has 0 N–H and O–H groups in total. The average molecular weight is 315 g/mol. The first-order valence-corrected chi connectivity index (χ1v) is 6.77. The summed E-state index contributed by atoms with van der Waals surface area (Å²) in [6, 6.07) is 3.59. The summed E-state index contributed by atoms with van der Waals surface area (Å²) in [6.07, 6.45) is 3.34. The van der Waals surface area contributed by atoms with E-state index in [2.05, 4.69) is 15.9 Å². The van der Waals surface area contributed by atoms with Gasteiger partial charge in [-0.05, 0) is 35.0 Å². The topological polar surface area (TPSA) is 44.0 Å². The second-order valence-corrected chi connectivity index (χ2v) is 5.98. The highest BCUT2D eigenvalue weighted by molar-refractivity contribution is 9.11. The molecular weight excluding hydrogens is 304 g/mol. The highest BCUT2D eigenvalue weighted by atomic mass is 79.9. The SMILES string of the molecule is CCn1ccn(CC(=O)c2ccc(Br)s2)c1=O. The minimum Gasteiger partial charge on any atom is -0.300 e. The molecule has 4 nitrogen and oxygen atoms in total. The molecule has 0 amide bonds. The lowest BCUT2D eigenvalue weighted by Gasteiger charge is -1.98. The number of aryl methyl sites for hydroxylation is 1. The summed E-state index contributed by atoms with van der Waals surface area (Å²) < 4.78 is 3.91. The maximum atomic E-state index is 11.9. The molecule has 90 valence electrons. The smallest absolute Gasteiger partial charge is 0.300 e. The Kier molecular flexibility index (Phi) is 3.63. The van der Waals surface area contributed by atoms with E-state index in [1.54, 1.807) is 23.0 Å². The molecule has 0 radical (unpaired) electrons. The molecule has 0 aliphatic heterocycles. The first-order chi connectivity index (χ1) is 8.11. The molecule has 0 aliphatic rings. The quantitative estimate of drug-likeness (QED) is 0.813. The van der Waals surface area contributed by atoms with Crippen LogP contribution in [0.5, 0.6) is 0 Å². The number of hydrogen-bond acceptors (Lipinski definition) is 3. The fourth-order valence-electron chi connectivity index (χ4n) is 1.51. The Morgan fingerprint density at radius 1 is 1.35 bits per heavy atom. The van der Waals surface area contributed by atoms with Gasteiger partial charge in [-0.3, -0.25) is 13.9 Å². The van der Waals surface area contributed by atoms with E-state index in [-0.39, 0.29) is 18.0 Å². The van der Waals surface area contributed by atoms with Crippen LogP contribution >= 0.6 is 27.3 Å². The van der Waals surface area contributed by atoms with Gasteiger partial charge in [0.15, 0.2) is 5.78 Å². The Hall–Kier alpha value is -1.14. The average Bonchev–Trinajstić information content (AvgIpc) is 2.87. The summed E-state index contributed by atoms with van der Waals surface area (Å²) in [5, 5.41) is 0. The second-order valence-electron chi connectivity index (χ2n) is 3.52. The van der Waals surface area contributed by atoms with Gasteiger partial charge >= 0.3 is 5.69 Å². The molecule has 0 fully saturated rings. The number of imidazole rings is 1. The van der Waals surface area contributed by atoms with Crippen LogP contribution in [0.4, 0.5) is 0 Å². The van der Waals surface area contributed by atoms with Crippen molar-refractivity contribution in [2.45, 2.75) is 20.0 Å². The molecule has 0 bridgehead atoms. The van der Waals surface area contributed by atoms with E-state index in [0.717, 1.165) is 3.79 Å². The van der Waals surface area contributed by atoms with Crippen molar-refractivity contribution < 1.29 is 4.79 Å². The molecule has 0 atom stereocenters. The number of halogens is 1. The van der Waals surface area contributed by atoms with Crippen LogP contribution in [0.3, 0.4) is 0 Å². The minimum atomic E-state index is -0.142. The van der Waals surface area contributed by atoms with E-state index in [1.807, 2.05) is 13.0 Å². The van der Waals surface area contributed by atoms with Gasteiger partial charge in [0.1, 0.15) is 0 Å². The van der Waals surface area contributed by atoms with Gasteiger partial charge in [-0.1, -0.05) is 0 Å². The zero-order valence-electron chi connectivity index (χ0n) is 9.22. The van der Waals surface area contributed by atoms with Crippen molar-refractivity contribution in [2.24, 2.45) is 0 Å². The van der Waals surface area contributed by atoms with Crippen molar-refractivity contribution in [3.8, 4) is 0 Å². The van der Waals surface area contributed by atoms with Crippen LogP contribution in [-0.2, 0) is 13.1 Å². The monoisotopic (exact) mass is 314 g/mol. The fourth-order valence-corrected chi connectivity index (χ4v) is 2.83. The second kappa shape index (κ2) is 5.01. The predicted octanol–water partition coefficient (Wildman–Crippen LogP) is 2.38. The zero-order valence-corrected chi connectivity index (χ0v) is 11.6. The summed E-state index contributed by atoms with van der Waals surface area (Å²) in [6.45, 7) is 2.60. The molecule has 2 aromatic heterocycles. The van der Waals surface area contributed by atoms with Crippen LogP contribution in [0.2, 0.25) is 0 Å². The van der Waals surface area contributed by atoms with Crippen molar-refractivity contribution in [1.29, 1.82) is 0 Å². The Balaban J connectivity index is 2.18. The summed E-state index contributed by atoms with van der Waals surface area (Å²) in [5.41, 5.74) is -0.142. The largest absolute Gasteiger partial charge is 0.328 e. The number of carbonyl (C=O) groups is 1. The van der Waals surface area contributed by atoms with Crippen molar-refractivity contribution in [3.05, 3.63) is 43.7 Å². The molecule has 0 saturated carbocycles. The number of Topliss-reactive ketones (excluding diaryl/α,β-unsaturated/α-hetero) is 1. The van der Waals surface area contributed by atoms with E-state index in [0.29, 0.717) is 11.4 Å². The lowest BCUT2D eigenvalue weighted by molar-refractivity contribution is 0.0974. The molecule has 2 aromatic rings. The third-order valence-corrected chi connectivity index (χ3v) is 4.09. The highest BCUT2D eigenvalue weighted by Gasteiger charge is 2.11. The lowest BCUT2D eigenvalue weighted by atomic mass is 10.3. The number of aromatic nitrogens is 2. The van der Waals surface area contributed by atoms with Gasteiger partial charge in [-0.2, -0.15) is 0 Å². The molecule has 2 heterocycles. The van der Waals surface area contributed by atoms with E-state index in [9.17, 15) is 9.59 Å². The number of hydrogen-bond donors (Lipinski definition) is 0. The first-order valence-electron chi connectivity index (χ1n) is 5.16. The maximum absolute atomic E-state index is 11.9. The van der Waals surface area contributed by atoms with Gasteiger partial charge in [0, 0.05) is 18.9 Å². The normalized spacial score (nSPS) is 10.7. The van der Waals surface area contributed by atoms with Crippen molar-refractivity contribution in [3.63, 3.8) is 0 Å². The van der Waals surface area contributed by atoms with E-state index in [4.69, 9.17) is 0 Å². The highest BCUT2D eigenvalue weighted by Crippen LogP contribution is 2.22. The molecule has 17 heavy (non-hydrogen) atoms. The predicted molar refractivity (Wildman–Crippen MR) is 70.7 cm³/mol. The summed E-state index contributed by atoms with van der Waals surface area (Å²) in [7, 11) is 0. The van der Waals surface area contributed by atoms with Gasteiger partial charge < -0.3 is 0 Å². The van der Waals surface area contributed by atoms with E-state index >= 15 is 0 Å². The molecule has 0 spiro atoms. The summed E-state index contributed by atoms with van der Waals surface area (Å²) in [5.74, 6) is -0.0448. The maximum Gasteiger partial charge on any atom is 0.328 e. The molecule has 2 rings (SSSR count). The third-order valence-electron chi connectivity index (χ3n) is 2.42. The van der Waals surface area contributed by atoms with Crippen molar-refractivity contribution >= 4 is 33.0 Å². The molecule has 0 aliphatic carbocycles. The molecule has 0 unspecified atom stereocenters. The first kappa shape index (κ1) is 12.3. The van der Waals surface area contributed by atoms with Gasteiger partial charge in [-0.15, -0.1) is 11.3 Å². The molecular formula is C11H11BrN2O2S. The molecule has 6 heteroatoms. The van der Waals surface area contributed by atoms with E-state index < -0.39 is 0 Å². The van der Waals surface area contributed by atoms with Crippen LogP contribution in [0, 0.1) is 0 Å². The number of carbonyl (C=O) groups excluding carboxylic acids is 1. The number of ketones is 1. The summed E-state index contributed by atoms with van der Waals surface area (Å²) >= 11 is 4.69. The Labute approximate surface area is 111 Å².